The highest BCUT2D eigenvalue weighted by molar-refractivity contribution is 9.10. The third-order valence-electron chi connectivity index (χ3n) is 4.83. The van der Waals surface area contributed by atoms with Gasteiger partial charge >= 0.3 is 0 Å². The number of hydrogen-bond acceptors (Lipinski definition) is 3. The van der Waals surface area contributed by atoms with E-state index in [2.05, 4.69) is 44.3 Å². The summed E-state index contributed by atoms with van der Waals surface area (Å²) in [5.41, 5.74) is 1.37. The summed E-state index contributed by atoms with van der Waals surface area (Å²) in [5, 5.41) is 3.70. The maximum Gasteiger partial charge on any atom is 0.133 e. The van der Waals surface area contributed by atoms with E-state index in [1.54, 1.807) is 7.11 Å². The van der Waals surface area contributed by atoms with Gasteiger partial charge in [0.1, 0.15) is 5.75 Å². The Morgan fingerprint density at radius 3 is 2.90 bits per heavy atom. The third kappa shape index (κ3) is 3.61. The van der Waals surface area contributed by atoms with Crippen LogP contribution in [-0.2, 0) is 6.54 Å². The molecule has 3 rings (SSSR count). The molecule has 0 spiro atoms. The molecule has 2 atom stereocenters. The molecule has 3 nitrogen and oxygen atoms in total. The van der Waals surface area contributed by atoms with Gasteiger partial charge in [-0.1, -0.05) is 12.5 Å². The second kappa shape index (κ2) is 7.12. The summed E-state index contributed by atoms with van der Waals surface area (Å²) in [6.07, 6.45) is 6.73. The van der Waals surface area contributed by atoms with E-state index in [9.17, 15) is 0 Å². The molecule has 21 heavy (non-hydrogen) atoms. The monoisotopic (exact) mass is 352 g/mol. The number of hydrogen-bond donors (Lipinski definition) is 1. The normalized spacial score (nSPS) is 27.0. The predicted molar refractivity (Wildman–Crippen MR) is 89.8 cm³/mol. The number of likely N-dealkylation sites (tertiary alicyclic amines) is 1. The molecule has 2 fully saturated rings. The van der Waals surface area contributed by atoms with Crippen LogP contribution in [0.3, 0.4) is 0 Å². The second-order valence-corrected chi connectivity index (χ2v) is 7.06. The van der Waals surface area contributed by atoms with E-state index in [0.29, 0.717) is 12.1 Å². The minimum Gasteiger partial charge on any atom is -0.496 e. The first-order chi connectivity index (χ1) is 10.3. The number of rotatable bonds is 4. The number of ether oxygens (including phenoxy) is 1. The molecule has 4 heteroatoms. The van der Waals surface area contributed by atoms with E-state index in [1.807, 2.05) is 0 Å². The van der Waals surface area contributed by atoms with Crippen molar-refractivity contribution >= 4 is 15.9 Å². The molecule has 116 valence electrons. The van der Waals surface area contributed by atoms with Crippen LogP contribution in [0, 0.1) is 0 Å². The lowest BCUT2D eigenvalue weighted by molar-refractivity contribution is 0.112. The van der Waals surface area contributed by atoms with Gasteiger partial charge in [0.2, 0.25) is 0 Å². The van der Waals surface area contributed by atoms with Crippen LogP contribution in [-0.4, -0.2) is 37.2 Å². The first-order valence-corrected chi connectivity index (χ1v) is 8.87. The van der Waals surface area contributed by atoms with E-state index in [-0.39, 0.29) is 0 Å². The summed E-state index contributed by atoms with van der Waals surface area (Å²) >= 11 is 3.60. The Kier molecular flexibility index (Phi) is 5.19. The molecule has 2 unspecified atom stereocenters. The lowest BCUT2D eigenvalue weighted by Gasteiger charge is -2.39. The molecule has 0 aliphatic carbocycles. The summed E-state index contributed by atoms with van der Waals surface area (Å²) in [6, 6.07) is 7.87. The smallest absolute Gasteiger partial charge is 0.133 e. The predicted octanol–water partition coefficient (Wildman–Crippen LogP) is 3.56. The summed E-state index contributed by atoms with van der Waals surface area (Å²) in [4.78, 5) is 2.68. The van der Waals surface area contributed by atoms with Gasteiger partial charge in [0.25, 0.3) is 0 Å². The number of nitrogens with one attached hydrogen (secondary N) is 1. The Labute approximate surface area is 136 Å². The van der Waals surface area contributed by atoms with Crippen molar-refractivity contribution in [3.8, 4) is 5.75 Å². The largest absolute Gasteiger partial charge is 0.496 e. The zero-order valence-electron chi connectivity index (χ0n) is 12.8. The van der Waals surface area contributed by atoms with Crippen LogP contribution in [0.1, 0.15) is 37.7 Å². The molecule has 0 saturated carbocycles. The van der Waals surface area contributed by atoms with Crippen molar-refractivity contribution in [1.82, 2.24) is 10.2 Å². The number of benzene rings is 1. The van der Waals surface area contributed by atoms with Gasteiger partial charge in [0.05, 0.1) is 11.6 Å². The van der Waals surface area contributed by atoms with Crippen molar-refractivity contribution < 1.29 is 4.74 Å². The van der Waals surface area contributed by atoms with Crippen molar-refractivity contribution in [1.29, 1.82) is 0 Å². The average molecular weight is 353 g/mol. The maximum absolute atomic E-state index is 5.32. The minimum atomic E-state index is 0.701. The molecule has 2 saturated heterocycles. The summed E-state index contributed by atoms with van der Waals surface area (Å²) < 4.78 is 6.37. The van der Waals surface area contributed by atoms with Crippen LogP contribution >= 0.6 is 15.9 Å². The van der Waals surface area contributed by atoms with Crippen LogP contribution < -0.4 is 10.1 Å². The lowest BCUT2D eigenvalue weighted by atomic mass is 9.94. The van der Waals surface area contributed by atoms with Crippen LogP contribution in [0.25, 0.3) is 0 Å². The van der Waals surface area contributed by atoms with Crippen LogP contribution in [0.5, 0.6) is 5.75 Å². The van der Waals surface area contributed by atoms with Crippen molar-refractivity contribution in [2.45, 2.75) is 50.7 Å². The summed E-state index contributed by atoms with van der Waals surface area (Å²) in [5.74, 6) is 0.909. The standard InChI is InChI=1S/C17H25BrN2O/c1-21-17-8-7-13(11-14(17)18)12-20-10-3-2-6-16(20)15-5-4-9-19-15/h7-8,11,15-16,19H,2-6,9-10,12H2,1H3. The average Bonchev–Trinajstić information content (AvgIpc) is 3.02. The summed E-state index contributed by atoms with van der Waals surface area (Å²) in [6.45, 7) is 3.47. The van der Waals surface area contributed by atoms with Crippen LogP contribution in [0.4, 0.5) is 0 Å². The van der Waals surface area contributed by atoms with E-state index in [1.165, 1.54) is 50.8 Å². The number of piperidine rings is 1. The van der Waals surface area contributed by atoms with Crippen LogP contribution in [0.15, 0.2) is 22.7 Å². The van der Waals surface area contributed by atoms with Crippen molar-refractivity contribution in [2.75, 3.05) is 20.2 Å². The fraction of sp³-hybridized carbons (Fsp3) is 0.647. The highest BCUT2D eigenvalue weighted by Gasteiger charge is 2.31. The SMILES string of the molecule is COc1ccc(CN2CCCCC2C2CCCN2)cc1Br. The van der Waals surface area contributed by atoms with E-state index in [4.69, 9.17) is 4.74 Å². The highest BCUT2D eigenvalue weighted by atomic mass is 79.9. The molecule has 0 radical (unpaired) electrons. The Morgan fingerprint density at radius 1 is 1.29 bits per heavy atom. The fourth-order valence-corrected chi connectivity index (χ4v) is 4.34. The van der Waals surface area contributed by atoms with Gasteiger partial charge in [-0.25, -0.2) is 0 Å². The fourth-order valence-electron chi connectivity index (χ4n) is 3.75. The first kappa shape index (κ1) is 15.3. The Bertz CT molecular complexity index is 474. The van der Waals surface area contributed by atoms with Crippen LogP contribution in [0.2, 0.25) is 0 Å². The highest BCUT2D eigenvalue weighted by Crippen LogP contribution is 2.29. The van der Waals surface area contributed by atoms with Gasteiger partial charge in [-0.2, -0.15) is 0 Å². The quantitative estimate of drug-likeness (QED) is 0.896. The van der Waals surface area contributed by atoms with Gasteiger partial charge in [-0.15, -0.1) is 0 Å². The van der Waals surface area contributed by atoms with Gasteiger partial charge in [-0.3, -0.25) is 4.90 Å². The van der Waals surface area contributed by atoms with E-state index in [0.717, 1.165) is 16.8 Å². The Hall–Kier alpha value is -0.580. The zero-order valence-corrected chi connectivity index (χ0v) is 14.4. The Balaban J connectivity index is 1.70. The van der Waals surface area contributed by atoms with Crippen molar-refractivity contribution in [3.63, 3.8) is 0 Å². The molecule has 1 N–H and O–H groups in total. The van der Waals surface area contributed by atoms with Gasteiger partial charge in [0.15, 0.2) is 0 Å². The van der Waals surface area contributed by atoms with E-state index < -0.39 is 0 Å². The molecule has 0 aromatic heterocycles. The third-order valence-corrected chi connectivity index (χ3v) is 5.45. The molecule has 1 aromatic carbocycles. The number of nitrogens with zero attached hydrogens (tertiary/aromatic N) is 1. The number of methoxy groups -OCH3 is 1. The molecule has 1 aromatic rings. The molecular weight excluding hydrogens is 328 g/mol. The molecular formula is C17H25BrN2O. The lowest BCUT2D eigenvalue weighted by Crippen LogP contribution is -2.49. The Morgan fingerprint density at radius 2 is 2.19 bits per heavy atom. The second-order valence-electron chi connectivity index (χ2n) is 6.21. The summed E-state index contributed by atoms with van der Waals surface area (Å²) in [7, 11) is 1.71. The molecule has 0 bridgehead atoms. The van der Waals surface area contributed by atoms with Gasteiger partial charge < -0.3 is 10.1 Å². The minimum absolute atomic E-state index is 0.701. The molecule has 2 aliphatic rings. The maximum atomic E-state index is 5.32. The van der Waals surface area contributed by atoms with Crippen molar-refractivity contribution in [3.05, 3.63) is 28.2 Å². The first-order valence-electron chi connectivity index (χ1n) is 8.08. The van der Waals surface area contributed by atoms with Crippen molar-refractivity contribution in [2.24, 2.45) is 0 Å². The van der Waals surface area contributed by atoms with Gasteiger partial charge in [0, 0.05) is 18.6 Å². The molecule has 2 aliphatic heterocycles. The topological polar surface area (TPSA) is 24.5 Å². The molecule has 0 amide bonds. The molecule has 2 heterocycles. The van der Waals surface area contributed by atoms with Gasteiger partial charge in [-0.05, 0) is 72.4 Å². The zero-order chi connectivity index (χ0) is 14.7. The van der Waals surface area contributed by atoms with E-state index >= 15 is 0 Å². The number of halogens is 1.